The fourth-order valence-electron chi connectivity index (χ4n) is 3.47. The molecule has 9 heteroatoms. The molecule has 29 heavy (non-hydrogen) atoms. The zero-order valence-corrected chi connectivity index (χ0v) is 16.8. The van der Waals surface area contributed by atoms with Crippen LogP contribution in [0.5, 0.6) is 0 Å². The van der Waals surface area contributed by atoms with Gasteiger partial charge < -0.3 is 15.0 Å². The van der Waals surface area contributed by atoms with Gasteiger partial charge in [-0.15, -0.1) is 0 Å². The molecule has 0 spiro atoms. The topological polar surface area (TPSA) is 119 Å². The molecule has 1 fully saturated rings. The molecule has 1 unspecified atom stereocenters. The number of carbonyl (C=O) groups excluding carboxylic acids is 3. The van der Waals surface area contributed by atoms with Crippen molar-refractivity contribution in [2.45, 2.75) is 58.0 Å². The minimum atomic E-state index is -1.00. The molecule has 0 heterocycles. The largest absolute Gasteiger partial charge is 0.454 e. The number of carbonyl (C=O) groups is 3. The van der Waals surface area contributed by atoms with Crippen LogP contribution in [-0.2, 0) is 14.3 Å². The van der Waals surface area contributed by atoms with E-state index in [1.807, 2.05) is 6.92 Å². The quantitative estimate of drug-likeness (QED) is 0.403. The minimum Gasteiger partial charge on any atom is -0.454 e. The molecular formula is C20H27N3O6. The van der Waals surface area contributed by atoms with E-state index in [4.69, 9.17) is 4.74 Å². The van der Waals surface area contributed by atoms with Crippen molar-refractivity contribution >= 4 is 23.5 Å². The third kappa shape index (κ3) is 6.27. The summed E-state index contributed by atoms with van der Waals surface area (Å²) in [6.45, 7) is 3.51. The number of nitro benzene ring substituents is 1. The van der Waals surface area contributed by atoms with E-state index in [2.05, 4.69) is 5.32 Å². The van der Waals surface area contributed by atoms with E-state index in [0.717, 1.165) is 31.7 Å². The fourth-order valence-corrected chi connectivity index (χ4v) is 3.47. The lowest BCUT2D eigenvalue weighted by Gasteiger charge is -2.33. The van der Waals surface area contributed by atoms with Crippen LogP contribution in [0.4, 0.5) is 5.69 Å². The van der Waals surface area contributed by atoms with Gasteiger partial charge in [-0.2, -0.15) is 0 Å². The highest BCUT2D eigenvalue weighted by molar-refractivity contribution is 5.97. The molecule has 0 saturated heterocycles. The van der Waals surface area contributed by atoms with Crippen molar-refractivity contribution in [1.82, 2.24) is 10.2 Å². The summed E-state index contributed by atoms with van der Waals surface area (Å²) in [7, 11) is 0. The molecule has 0 bridgehead atoms. The van der Waals surface area contributed by atoms with Crippen LogP contribution >= 0.6 is 0 Å². The van der Waals surface area contributed by atoms with Crippen LogP contribution in [0.2, 0.25) is 0 Å². The van der Waals surface area contributed by atoms with Crippen LogP contribution in [0.3, 0.4) is 0 Å². The van der Waals surface area contributed by atoms with Crippen LogP contribution in [0.1, 0.15) is 56.3 Å². The van der Waals surface area contributed by atoms with Gasteiger partial charge in [0.1, 0.15) is 6.04 Å². The monoisotopic (exact) mass is 405 g/mol. The van der Waals surface area contributed by atoms with Gasteiger partial charge in [0.05, 0.1) is 4.92 Å². The lowest BCUT2D eigenvalue weighted by molar-refractivity contribution is -0.384. The number of nitrogens with zero attached hydrogens (tertiary/aromatic N) is 2. The van der Waals surface area contributed by atoms with Gasteiger partial charge in [0.2, 0.25) is 0 Å². The maximum atomic E-state index is 12.4. The Bertz CT molecular complexity index is 760. The van der Waals surface area contributed by atoms with Crippen LogP contribution < -0.4 is 5.32 Å². The Hall–Kier alpha value is -2.97. The van der Waals surface area contributed by atoms with Crippen molar-refractivity contribution in [2.24, 2.45) is 0 Å². The number of nitro groups is 1. The van der Waals surface area contributed by atoms with E-state index in [9.17, 15) is 24.5 Å². The first kappa shape index (κ1) is 22.3. The summed E-state index contributed by atoms with van der Waals surface area (Å²) in [4.78, 5) is 48.8. The number of rotatable bonds is 8. The third-order valence-electron chi connectivity index (χ3n) is 5.03. The molecule has 0 radical (unpaired) electrons. The van der Waals surface area contributed by atoms with Crippen molar-refractivity contribution in [3.63, 3.8) is 0 Å². The summed E-state index contributed by atoms with van der Waals surface area (Å²) < 4.78 is 5.08. The number of ether oxygens (including phenoxy) is 1. The second kappa shape index (κ2) is 10.5. The molecule has 1 atom stereocenters. The van der Waals surface area contributed by atoms with Crippen molar-refractivity contribution in [3.05, 3.63) is 39.9 Å². The standard InChI is InChI=1S/C20H27N3O6/c1-3-22(16-9-5-4-6-10-16)18(24)13-29-20(26)14(2)21-19(25)15-8-7-11-17(12-15)23(27)28/h7-8,11-12,14,16H,3-6,9-10,13H2,1-2H3,(H,21,25). The normalized spacial score (nSPS) is 15.2. The van der Waals surface area contributed by atoms with Gasteiger partial charge >= 0.3 is 5.97 Å². The lowest BCUT2D eigenvalue weighted by Crippen LogP contribution is -2.45. The number of non-ortho nitro benzene ring substituents is 1. The van der Waals surface area contributed by atoms with Crippen LogP contribution in [0.25, 0.3) is 0 Å². The molecule has 2 amide bonds. The van der Waals surface area contributed by atoms with E-state index < -0.39 is 22.8 Å². The molecule has 9 nitrogen and oxygen atoms in total. The molecule has 2 rings (SSSR count). The van der Waals surface area contributed by atoms with Gasteiger partial charge in [-0.25, -0.2) is 4.79 Å². The molecule has 158 valence electrons. The molecule has 1 saturated carbocycles. The van der Waals surface area contributed by atoms with Gasteiger partial charge in [0, 0.05) is 30.3 Å². The summed E-state index contributed by atoms with van der Waals surface area (Å²) in [5.41, 5.74) is -0.162. The zero-order chi connectivity index (χ0) is 21.4. The van der Waals surface area contributed by atoms with E-state index in [-0.39, 0.29) is 29.8 Å². The van der Waals surface area contributed by atoms with Gasteiger partial charge in [-0.3, -0.25) is 19.7 Å². The average molecular weight is 405 g/mol. The van der Waals surface area contributed by atoms with Crippen molar-refractivity contribution in [1.29, 1.82) is 0 Å². The van der Waals surface area contributed by atoms with Gasteiger partial charge in [-0.1, -0.05) is 25.3 Å². The van der Waals surface area contributed by atoms with E-state index in [1.54, 1.807) is 4.90 Å². The number of hydrogen-bond acceptors (Lipinski definition) is 6. The van der Waals surface area contributed by atoms with Gasteiger partial charge in [0.25, 0.3) is 17.5 Å². The number of nitrogens with one attached hydrogen (secondary N) is 1. The molecule has 1 aliphatic rings. The Labute approximate surface area is 169 Å². The molecule has 0 aromatic heterocycles. The zero-order valence-electron chi connectivity index (χ0n) is 16.8. The van der Waals surface area contributed by atoms with Crippen LogP contribution in [-0.4, -0.2) is 52.8 Å². The van der Waals surface area contributed by atoms with Crippen molar-refractivity contribution in [2.75, 3.05) is 13.2 Å². The first-order valence-electron chi connectivity index (χ1n) is 9.85. The number of amides is 2. The summed E-state index contributed by atoms with van der Waals surface area (Å²) in [5.74, 6) is -1.62. The Morgan fingerprint density at radius 2 is 1.97 bits per heavy atom. The first-order chi connectivity index (χ1) is 13.8. The minimum absolute atomic E-state index is 0.0596. The lowest BCUT2D eigenvalue weighted by atomic mass is 9.94. The maximum Gasteiger partial charge on any atom is 0.328 e. The number of esters is 1. The van der Waals surface area contributed by atoms with E-state index in [0.29, 0.717) is 6.54 Å². The average Bonchev–Trinajstić information content (AvgIpc) is 2.73. The summed E-state index contributed by atoms with van der Waals surface area (Å²) in [5, 5.41) is 13.2. The predicted octanol–water partition coefficient (Wildman–Crippen LogP) is 2.44. The van der Waals surface area contributed by atoms with Gasteiger partial charge in [-0.05, 0) is 32.8 Å². The highest BCUT2D eigenvalue weighted by Crippen LogP contribution is 2.22. The molecule has 1 aliphatic carbocycles. The molecular weight excluding hydrogens is 378 g/mol. The van der Waals surface area contributed by atoms with Crippen molar-refractivity contribution < 1.29 is 24.0 Å². The highest BCUT2D eigenvalue weighted by Gasteiger charge is 2.26. The smallest absolute Gasteiger partial charge is 0.328 e. The Balaban J connectivity index is 1.86. The van der Waals surface area contributed by atoms with Crippen LogP contribution in [0.15, 0.2) is 24.3 Å². The number of hydrogen-bond donors (Lipinski definition) is 1. The molecule has 1 N–H and O–H groups in total. The fraction of sp³-hybridized carbons (Fsp3) is 0.550. The molecule has 1 aromatic rings. The summed E-state index contributed by atoms with van der Waals surface area (Å²) >= 11 is 0. The highest BCUT2D eigenvalue weighted by atomic mass is 16.6. The van der Waals surface area contributed by atoms with E-state index in [1.165, 1.54) is 31.5 Å². The number of likely N-dealkylation sites (N-methyl/N-ethyl adjacent to an activating group) is 1. The predicted molar refractivity (Wildman–Crippen MR) is 105 cm³/mol. The van der Waals surface area contributed by atoms with Crippen molar-refractivity contribution in [3.8, 4) is 0 Å². The first-order valence-corrected chi connectivity index (χ1v) is 9.85. The summed E-state index contributed by atoms with van der Waals surface area (Å²) in [6, 6.07) is 4.38. The van der Waals surface area contributed by atoms with Gasteiger partial charge in [0.15, 0.2) is 6.61 Å². The van der Waals surface area contributed by atoms with Crippen LogP contribution in [0, 0.1) is 10.1 Å². The Morgan fingerprint density at radius 3 is 2.59 bits per heavy atom. The van der Waals surface area contributed by atoms with E-state index >= 15 is 0 Å². The number of benzene rings is 1. The SMILES string of the molecule is CCN(C(=O)COC(=O)C(C)NC(=O)c1cccc([N+](=O)[O-])c1)C1CCCCC1. The molecule has 0 aliphatic heterocycles. The third-order valence-corrected chi connectivity index (χ3v) is 5.03. The Kier molecular flexibility index (Phi) is 8.11. The molecule has 1 aromatic carbocycles. The second-order valence-corrected chi connectivity index (χ2v) is 7.08. The maximum absolute atomic E-state index is 12.4. The second-order valence-electron chi connectivity index (χ2n) is 7.08. The Morgan fingerprint density at radius 1 is 1.28 bits per heavy atom. The summed E-state index contributed by atoms with van der Waals surface area (Å²) in [6.07, 6.45) is 5.29.